The van der Waals surface area contributed by atoms with Gasteiger partial charge < -0.3 is 19.8 Å². The highest BCUT2D eigenvalue weighted by Crippen LogP contribution is 2.31. The molecule has 2 rings (SSSR count). The molecule has 1 atom stereocenters. The van der Waals surface area contributed by atoms with E-state index in [2.05, 4.69) is 20.6 Å². The second kappa shape index (κ2) is 11.3. The molecule has 2 aromatic rings. The Morgan fingerprint density at radius 1 is 1.28 bits per heavy atom. The van der Waals surface area contributed by atoms with E-state index in [9.17, 15) is 13.2 Å². The number of rotatable bonds is 7. The summed E-state index contributed by atoms with van der Waals surface area (Å²) in [5.41, 5.74) is 0.0992. The van der Waals surface area contributed by atoms with Crippen molar-refractivity contribution in [3.05, 3.63) is 47.2 Å². The van der Waals surface area contributed by atoms with Gasteiger partial charge in [-0.15, -0.1) is 24.0 Å². The molecule has 6 nitrogen and oxygen atoms in total. The summed E-state index contributed by atoms with van der Waals surface area (Å²) >= 11 is 0. The molecule has 162 valence electrons. The Hall–Kier alpha value is -1.98. The molecule has 1 aromatic carbocycles. The maximum Gasteiger partial charge on any atom is 0.416 e. The summed E-state index contributed by atoms with van der Waals surface area (Å²) in [6, 6.07) is 4.87. The lowest BCUT2D eigenvalue weighted by Crippen LogP contribution is -2.42. The average Bonchev–Trinajstić information content (AvgIpc) is 2.98. The molecule has 0 aliphatic rings. The quantitative estimate of drug-likeness (QED) is 0.317. The predicted molar refractivity (Wildman–Crippen MR) is 116 cm³/mol. The maximum absolute atomic E-state index is 12.8. The number of aryl methyl sites for hydroxylation is 2. The molecule has 29 heavy (non-hydrogen) atoms. The fraction of sp³-hybridized carbons (Fsp3) is 0.474. The highest BCUT2D eigenvalue weighted by molar-refractivity contribution is 14.0. The van der Waals surface area contributed by atoms with E-state index in [0.29, 0.717) is 31.4 Å². The van der Waals surface area contributed by atoms with Crippen LogP contribution in [0.4, 0.5) is 13.2 Å². The fourth-order valence-electron chi connectivity index (χ4n) is 2.41. The number of guanidine groups is 1. The van der Waals surface area contributed by atoms with Gasteiger partial charge in [0, 0.05) is 7.05 Å². The van der Waals surface area contributed by atoms with Crippen LogP contribution in [0.2, 0.25) is 0 Å². The van der Waals surface area contributed by atoms with Gasteiger partial charge >= 0.3 is 6.18 Å². The van der Waals surface area contributed by atoms with Crippen LogP contribution >= 0.6 is 24.0 Å². The lowest BCUT2D eigenvalue weighted by Gasteiger charge is -2.20. The highest BCUT2D eigenvalue weighted by atomic mass is 127. The van der Waals surface area contributed by atoms with Crippen LogP contribution in [0.5, 0.6) is 5.75 Å². The van der Waals surface area contributed by atoms with Gasteiger partial charge in [-0.25, -0.2) is 4.98 Å². The normalized spacial score (nSPS) is 12.9. The largest absolute Gasteiger partial charge is 0.489 e. The van der Waals surface area contributed by atoms with E-state index in [1.807, 2.05) is 20.8 Å². The maximum atomic E-state index is 12.8. The van der Waals surface area contributed by atoms with Crippen LogP contribution in [0.3, 0.4) is 0 Å². The van der Waals surface area contributed by atoms with Gasteiger partial charge in [0.25, 0.3) is 0 Å². The number of aliphatic imine (C=N–C) groups is 1. The third-order valence-electron chi connectivity index (χ3n) is 4.12. The minimum absolute atomic E-state index is 0. The monoisotopic (exact) mass is 526 g/mol. The van der Waals surface area contributed by atoms with Crippen molar-refractivity contribution in [3.63, 3.8) is 0 Å². The van der Waals surface area contributed by atoms with Gasteiger partial charge in [0.1, 0.15) is 17.6 Å². The second-order valence-corrected chi connectivity index (χ2v) is 6.23. The van der Waals surface area contributed by atoms with Crippen molar-refractivity contribution in [2.45, 2.75) is 46.0 Å². The SMILES string of the molecule is CCC(CNC(=NC)NCc1nc(C)c(C)o1)Oc1cccc(C(F)(F)F)c1.I. The number of hydrogen-bond acceptors (Lipinski definition) is 4. The lowest BCUT2D eigenvalue weighted by atomic mass is 10.2. The van der Waals surface area contributed by atoms with Gasteiger partial charge in [0.2, 0.25) is 5.89 Å². The van der Waals surface area contributed by atoms with Gasteiger partial charge in [0.05, 0.1) is 24.3 Å². The molecule has 0 spiro atoms. The third kappa shape index (κ3) is 7.75. The first-order valence-electron chi connectivity index (χ1n) is 8.94. The van der Waals surface area contributed by atoms with Crippen molar-refractivity contribution in [2.75, 3.05) is 13.6 Å². The molecule has 0 saturated carbocycles. The van der Waals surface area contributed by atoms with E-state index in [4.69, 9.17) is 9.15 Å². The van der Waals surface area contributed by atoms with Crippen LogP contribution < -0.4 is 15.4 Å². The second-order valence-electron chi connectivity index (χ2n) is 6.23. The Balaban J connectivity index is 0.00000420. The molecule has 0 saturated heterocycles. The molecular formula is C19H26F3IN4O2. The summed E-state index contributed by atoms with van der Waals surface area (Å²) in [6.45, 7) is 6.34. The zero-order chi connectivity index (χ0) is 20.7. The molecule has 1 unspecified atom stereocenters. The molecule has 1 aromatic heterocycles. The van der Waals surface area contributed by atoms with Crippen LogP contribution in [-0.2, 0) is 12.7 Å². The molecule has 0 amide bonds. The zero-order valence-electron chi connectivity index (χ0n) is 16.8. The van der Waals surface area contributed by atoms with E-state index in [1.165, 1.54) is 12.1 Å². The third-order valence-corrected chi connectivity index (χ3v) is 4.12. The zero-order valence-corrected chi connectivity index (χ0v) is 19.1. The van der Waals surface area contributed by atoms with E-state index in [-0.39, 0.29) is 35.8 Å². The van der Waals surface area contributed by atoms with Crippen molar-refractivity contribution in [3.8, 4) is 5.75 Å². The van der Waals surface area contributed by atoms with Gasteiger partial charge in [0.15, 0.2) is 5.96 Å². The molecule has 10 heteroatoms. The average molecular weight is 526 g/mol. The summed E-state index contributed by atoms with van der Waals surface area (Å²) in [5, 5.41) is 6.18. The van der Waals surface area contributed by atoms with Crippen molar-refractivity contribution in [2.24, 2.45) is 4.99 Å². The number of nitrogens with zero attached hydrogens (tertiary/aromatic N) is 2. The molecule has 2 N–H and O–H groups in total. The van der Waals surface area contributed by atoms with Crippen LogP contribution in [0, 0.1) is 13.8 Å². The van der Waals surface area contributed by atoms with Crippen LogP contribution in [-0.4, -0.2) is 30.6 Å². The van der Waals surface area contributed by atoms with Crippen LogP contribution in [0.25, 0.3) is 0 Å². The number of halogens is 4. The minimum atomic E-state index is -4.40. The first-order chi connectivity index (χ1) is 13.2. The van der Waals surface area contributed by atoms with Crippen molar-refractivity contribution >= 4 is 29.9 Å². The van der Waals surface area contributed by atoms with Crippen molar-refractivity contribution in [1.29, 1.82) is 0 Å². The van der Waals surface area contributed by atoms with Crippen molar-refractivity contribution in [1.82, 2.24) is 15.6 Å². The lowest BCUT2D eigenvalue weighted by molar-refractivity contribution is -0.137. The summed E-state index contributed by atoms with van der Waals surface area (Å²) < 4.78 is 49.7. The molecule has 1 heterocycles. The van der Waals surface area contributed by atoms with E-state index in [0.717, 1.165) is 23.6 Å². The summed E-state index contributed by atoms with van der Waals surface area (Å²) in [7, 11) is 1.62. The molecular weight excluding hydrogens is 500 g/mol. The fourth-order valence-corrected chi connectivity index (χ4v) is 2.41. The van der Waals surface area contributed by atoms with E-state index < -0.39 is 11.7 Å². The molecule has 0 fully saturated rings. The summed E-state index contributed by atoms with van der Waals surface area (Å²) in [6.07, 6.45) is -4.12. The first-order valence-corrected chi connectivity index (χ1v) is 8.94. The van der Waals surface area contributed by atoms with E-state index >= 15 is 0 Å². The number of hydrogen-bond donors (Lipinski definition) is 2. The molecule has 0 bridgehead atoms. The Morgan fingerprint density at radius 3 is 2.55 bits per heavy atom. The van der Waals surface area contributed by atoms with Gasteiger partial charge in [-0.2, -0.15) is 13.2 Å². The number of nitrogens with one attached hydrogen (secondary N) is 2. The topological polar surface area (TPSA) is 71.7 Å². The Bertz CT molecular complexity index is 789. The Kier molecular flexibility index (Phi) is 9.74. The van der Waals surface area contributed by atoms with Crippen LogP contribution in [0.1, 0.15) is 36.3 Å². The Morgan fingerprint density at radius 2 is 2.00 bits per heavy atom. The standard InChI is InChI=1S/C19H25F3N4O2.HI/c1-5-15(28-16-8-6-7-14(9-16)19(20,21)22)10-24-18(23-4)25-11-17-26-12(2)13(3)27-17;/h6-9,15H,5,10-11H2,1-4H3,(H2,23,24,25);1H. The van der Waals surface area contributed by atoms with Gasteiger partial charge in [-0.05, 0) is 38.5 Å². The molecule has 0 aliphatic carbocycles. The number of benzene rings is 1. The van der Waals surface area contributed by atoms with Crippen molar-refractivity contribution < 1.29 is 22.3 Å². The summed E-state index contributed by atoms with van der Waals surface area (Å²) in [4.78, 5) is 8.40. The minimum Gasteiger partial charge on any atom is -0.489 e. The smallest absolute Gasteiger partial charge is 0.416 e. The first kappa shape index (κ1) is 25.1. The number of ether oxygens (including phenoxy) is 1. The number of aromatic nitrogens is 1. The number of alkyl halides is 3. The van der Waals surface area contributed by atoms with E-state index in [1.54, 1.807) is 7.05 Å². The molecule has 0 radical (unpaired) electrons. The predicted octanol–water partition coefficient (Wildman–Crippen LogP) is 4.45. The Labute approximate surface area is 185 Å². The highest BCUT2D eigenvalue weighted by Gasteiger charge is 2.30. The summed E-state index contributed by atoms with van der Waals surface area (Å²) in [5.74, 6) is 2.00. The number of oxazole rings is 1. The molecule has 0 aliphatic heterocycles. The van der Waals surface area contributed by atoms with Crippen LogP contribution in [0.15, 0.2) is 33.7 Å². The van der Waals surface area contributed by atoms with Gasteiger partial charge in [-0.3, -0.25) is 4.99 Å². The van der Waals surface area contributed by atoms with Gasteiger partial charge in [-0.1, -0.05) is 13.0 Å².